The van der Waals surface area contributed by atoms with Crippen molar-refractivity contribution in [2.75, 3.05) is 26.4 Å². The molecule has 2 N–H and O–H groups in total. The Kier molecular flexibility index (Phi) is 18.9. The van der Waals surface area contributed by atoms with Crippen LogP contribution in [0.5, 0.6) is 11.5 Å². The summed E-state index contributed by atoms with van der Waals surface area (Å²) >= 11 is 0. The Morgan fingerprint density at radius 1 is 0.585 bits per heavy atom. The first-order chi connectivity index (χ1) is 31.4. The minimum atomic E-state index is -0.927. The number of aryl methyl sites for hydroxylation is 2. The minimum absolute atomic E-state index is 0.332. The maximum atomic E-state index is 11.7. The second kappa shape index (κ2) is 25.2. The van der Waals surface area contributed by atoms with E-state index in [1.54, 1.807) is 20.8 Å². The van der Waals surface area contributed by atoms with E-state index in [0.717, 1.165) is 51.6 Å². The van der Waals surface area contributed by atoms with Gasteiger partial charge in [-0.1, -0.05) is 77.9 Å². The predicted molar refractivity (Wildman–Crippen MR) is 248 cm³/mol. The van der Waals surface area contributed by atoms with E-state index in [9.17, 15) is 19.8 Å². The van der Waals surface area contributed by atoms with Crippen LogP contribution < -0.4 is 9.47 Å². The van der Waals surface area contributed by atoms with Crippen molar-refractivity contribution in [1.82, 2.24) is 9.97 Å². The molecule has 0 aliphatic rings. The standard InChI is InChI=1S/C26H30N2O5.C25H28N2O5/c1-4-15-32-28-18(2)23(26(29)30)17-20-10-12-22(13-11-20)31-16-14-24-19(3)33-25(27-24)21-8-6-5-7-9-21;1-4-31-27-17(2)22(25(28)29)16-19-10-12-21(13-11-19)30-15-14-23-18(3)32-24(26-23)20-8-6-5-7-9-20/h5-13,23H,4,14-17H2,1-3H3,(H,29,30);5-13,22H,4,14-16H2,1-3H3,(H,28,29)/b28-18+;27-17-. The second-order valence-electron chi connectivity index (χ2n) is 15.2. The molecular weight excluding hydrogens is 829 g/mol. The lowest BCUT2D eigenvalue weighted by Gasteiger charge is -2.13. The highest BCUT2D eigenvalue weighted by molar-refractivity contribution is 6.00. The molecule has 14 heteroatoms. The van der Waals surface area contributed by atoms with Crippen molar-refractivity contribution in [3.63, 3.8) is 0 Å². The lowest BCUT2D eigenvalue weighted by atomic mass is 9.95. The van der Waals surface area contributed by atoms with Crippen LogP contribution in [0.1, 0.15) is 68.2 Å². The molecule has 2 unspecified atom stereocenters. The van der Waals surface area contributed by atoms with Crippen molar-refractivity contribution >= 4 is 23.4 Å². The van der Waals surface area contributed by atoms with Gasteiger partial charge in [0, 0.05) is 24.0 Å². The van der Waals surface area contributed by atoms with Gasteiger partial charge in [-0.15, -0.1) is 0 Å². The molecule has 6 rings (SSSR count). The smallest absolute Gasteiger partial charge is 0.312 e. The average Bonchev–Trinajstić information content (AvgIpc) is 3.88. The largest absolute Gasteiger partial charge is 0.493 e. The summed E-state index contributed by atoms with van der Waals surface area (Å²) in [6.07, 6.45) is 2.73. The molecule has 0 aliphatic carbocycles. The van der Waals surface area contributed by atoms with Crippen LogP contribution >= 0.6 is 0 Å². The summed E-state index contributed by atoms with van der Waals surface area (Å²) in [5, 5.41) is 26.9. The van der Waals surface area contributed by atoms with Crippen molar-refractivity contribution in [3.05, 3.63) is 143 Å². The van der Waals surface area contributed by atoms with Gasteiger partial charge in [0.2, 0.25) is 11.8 Å². The number of rotatable bonds is 23. The van der Waals surface area contributed by atoms with Crippen molar-refractivity contribution in [1.29, 1.82) is 0 Å². The number of carbonyl (C=O) groups is 2. The first-order valence-electron chi connectivity index (χ1n) is 21.7. The quantitative estimate of drug-likeness (QED) is 0.0353. The Bertz CT molecular complexity index is 2440. The summed E-state index contributed by atoms with van der Waals surface area (Å²) in [5.74, 6) is 0.900. The normalized spacial score (nSPS) is 12.4. The molecule has 6 aromatic rings. The third-order valence-corrected chi connectivity index (χ3v) is 10.2. The van der Waals surface area contributed by atoms with Crippen LogP contribution in [0.15, 0.2) is 128 Å². The number of ether oxygens (including phenoxy) is 2. The molecule has 14 nitrogen and oxygen atoms in total. The zero-order chi connectivity index (χ0) is 46.6. The molecule has 0 saturated heterocycles. The fraction of sp³-hybridized carbons (Fsp3) is 0.333. The Morgan fingerprint density at radius 3 is 1.35 bits per heavy atom. The van der Waals surface area contributed by atoms with Crippen LogP contribution in [0.25, 0.3) is 22.9 Å². The highest BCUT2D eigenvalue weighted by Gasteiger charge is 2.23. The lowest BCUT2D eigenvalue weighted by molar-refractivity contribution is -0.140. The molecule has 0 aliphatic heterocycles. The van der Waals surface area contributed by atoms with Gasteiger partial charge in [0.25, 0.3) is 0 Å². The van der Waals surface area contributed by atoms with Gasteiger partial charge in [-0.05, 0) is 114 Å². The van der Waals surface area contributed by atoms with Crippen molar-refractivity contribution in [2.45, 2.75) is 73.6 Å². The Morgan fingerprint density at radius 2 is 0.985 bits per heavy atom. The predicted octanol–water partition coefficient (Wildman–Crippen LogP) is 10.2. The lowest BCUT2D eigenvalue weighted by Crippen LogP contribution is -2.24. The zero-order valence-corrected chi connectivity index (χ0v) is 37.9. The third kappa shape index (κ3) is 15.2. The van der Waals surface area contributed by atoms with Gasteiger partial charge in [0.15, 0.2) is 0 Å². The molecule has 342 valence electrons. The summed E-state index contributed by atoms with van der Waals surface area (Å²) in [4.78, 5) is 42.6. The maximum Gasteiger partial charge on any atom is 0.312 e. The number of benzene rings is 4. The van der Waals surface area contributed by atoms with Crippen LogP contribution in [0, 0.1) is 25.7 Å². The molecular formula is C51H58N4O10. The molecule has 0 saturated carbocycles. The SMILES string of the molecule is CCCO/N=C(\C)C(Cc1ccc(OCCc2nc(-c3ccccc3)oc2C)cc1)C(=O)O.CCO/N=C(/C)C(Cc1ccc(OCCc2nc(-c3ccccc3)oc2C)cc1)C(=O)O. The summed E-state index contributed by atoms with van der Waals surface area (Å²) < 4.78 is 23.3. The van der Waals surface area contributed by atoms with Gasteiger partial charge in [-0.2, -0.15) is 0 Å². The third-order valence-electron chi connectivity index (χ3n) is 10.2. The summed E-state index contributed by atoms with van der Waals surface area (Å²) in [6.45, 7) is 12.7. The van der Waals surface area contributed by atoms with Crippen LogP contribution in [0.4, 0.5) is 0 Å². The maximum absolute atomic E-state index is 11.7. The Labute approximate surface area is 379 Å². The first kappa shape index (κ1) is 48.8. The van der Waals surface area contributed by atoms with Crippen molar-refractivity contribution in [2.24, 2.45) is 22.1 Å². The van der Waals surface area contributed by atoms with Gasteiger partial charge >= 0.3 is 11.9 Å². The highest BCUT2D eigenvalue weighted by atomic mass is 16.6. The molecule has 0 spiro atoms. The van der Waals surface area contributed by atoms with E-state index in [4.69, 9.17) is 28.0 Å². The number of aliphatic carboxylic acids is 2. The van der Waals surface area contributed by atoms with E-state index in [1.165, 1.54) is 0 Å². The van der Waals surface area contributed by atoms with Gasteiger partial charge in [-0.25, -0.2) is 9.97 Å². The molecule has 2 aromatic heterocycles. The fourth-order valence-corrected chi connectivity index (χ4v) is 6.53. The van der Waals surface area contributed by atoms with E-state index < -0.39 is 23.8 Å². The van der Waals surface area contributed by atoms with E-state index in [1.807, 2.05) is 130 Å². The zero-order valence-electron chi connectivity index (χ0n) is 37.9. The number of carboxylic acid groups (broad SMARTS) is 2. The van der Waals surface area contributed by atoms with Gasteiger partial charge in [0.05, 0.1) is 36.0 Å². The van der Waals surface area contributed by atoms with E-state index in [-0.39, 0.29) is 0 Å². The number of aromatic nitrogens is 2. The number of oxazole rings is 2. The Balaban J connectivity index is 0.000000244. The average molecular weight is 887 g/mol. The summed E-state index contributed by atoms with van der Waals surface area (Å²) in [5.41, 5.74) is 6.30. The van der Waals surface area contributed by atoms with Crippen LogP contribution in [-0.2, 0) is 44.9 Å². The molecule has 4 aromatic carbocycles. The molecule has 2 atom stereocenters. The molecule has 0 radical (unpaired) electrons. The fourth-order valence-electron chi connectivity index (χ4n) is 6.53. The molecule has 0 fully saturated rings. The van der Waals surface area contributed by atoms with Gasteiger partial charge in [0.1, 0.15) is 48.1 Å². The van der Waals surface area contributed by atoms with Crippen LogP contribution in [0.3, 0.4) is 0 Å². The Hall–Kier alpha value is -7.22. The monoisotopic (exact) mass is 886 g/mol. The molecule has 65 heavy (non-hydrogen) atoms. The number of carboxylic acids is 2. The van der Waals surface area contributed by atoms with Gasteiger partial charge < -0.3 is 38.2 Å². The van der Waals surface area contributed by atoms with Gasteiger partial charge in [-0.3, -0.25) is 9.59 Å². The number of nitrogens with zero attached hydrogens (tertiary/aromatic N) is 4. The summed E-state index contributed by atoms with van der Waals surface area (Å²) in [7, 11) is 0. The molecule has 0 bridgehead atoms. The van der Waals surface area contributed by atoms with Crippen LogP contribution in [-0.4, -0.2) is 70.0 Å². The molecule has 0 amide bonds. The second-order valence-corrected chi connectivity index (χ2v) is 15.2. The number of hydrogen-bond acceptors (Lipinski definition) is 12. The van der Waals surface area contributed by atoms with Crippen LogP contribution in [0.2, 0.25) is 0 Å². The minimum Gasteiger partial charge on any atom is -0.493 e. The van der Waals surface area contributed by atoms with E-state index in [0.29, 0.717) is 86.8 Å². The number of hydrogen-bond donors (Lipinski definition) is 2. The topological polar surface area (TPSA) is 188 Å². The van der Waals surface area contributed by atoms with E-state index in [2.05, 4.69) is 20.3 Å². The van der Waals surface area contributed by atoms with E-state index >= 15 is 0 Å². The first-order valence-corrected chi connectivity index (χ1v) is 21.7. The highest BCUT2D eigenvalue weighted by Crippen LogP contribution is 2.24. The summed E-state index contributed by atoms with van der Waals surface area (Å²) in [6, 6.07) is 34.4. The number of oxime groups is 2. The van der Waals surface area contributed by atoms with Crippen molar-refractivity contribution < 1.29 is 47.8 Å². The van der Waals surface area contributed by atoms with Crippen molar-refractivity contribution in [3.8, 4) is 34.4 Å². The molecule has 2 heterocycles.